The molecule has 0 unspecified atom stereocenters. The minimum Gasteiger partial charge on any atom is -0.391 e. The lowest BCUT2D eigenvalue weighted by Crippen LogP contribution is -2.41. The molecule has 2 aromatic rings. The second-order valence-electron chi connectivity index (χ2n) is 7.86. The number of hydrogen-bond donors (Lipinski definition) is 1. The largest absolute Gasteiger partial charge is 0.391 e. The molecule has 6 nitrogen and oxygen atoms in total. The lowest BCUT2D eigenvalue weighted by molar-refractivity contribution is 0.153. The molecule has 0 radical (unpaired) electrons. The summed E-state index contributed by atoms with van der Waals surface area (Å²) < 4.78 is 0. The van der Waals surface area contributed by atoms with Crippen LogP contribution in [0.5, 0.6) is 0 Å². The van der Waals surface area contributed by atoms with Gasteiger partial charge < -0.3 is 14.9 Å². The van der Waals surface area contributed by atoms with Gasteiger partial charge in [0.25, 0.3) is 0 Å². The van der Waals surface area contributed by atoms with Crippen molar-refractivity contribution in [3.8, 4) is 0 Å². The normalized spacial score (nSPS) is 20.4. The lowest BCUT2D eigenvalue weighted by atomic mass is 10.0. The van der Waals surface area contributed by atoms with Crippen LogP contribution in [-0.4, -0.2) is 59.8 Å². The number of nitrogens with zero attached hydrogens (tertiary/aromatic N) is 5. The standard InChI is InChI=1S/C21H29N5O/c1-24(2)21-22-19-15-25(13-16-7-4-3-5-8-16)12-10-18(19)20(23-21)26-11-6-9-17(27)14-26/h3-5,7-8,17,27H,6,9-15H2,1-2H3/t17-/m1/s1. The summed E-state index contributed by atoms with van der Waals surface area (Å²) in [6.07, 6.45) is 2.59. The van der Waals surface area contributed by atoms with Crippen LogP contribution in [-0.2, 0) is 19.5 Å². The zero-order valence-corrected chi connectivity index (χ0v) is 16.3. The average molecular weight is 367 g/mol. The molecular weight excluding hydrogens is 338 g/mol. The number of piperidine rings is 1. The van der Waals surface area contributed by atoms with Gasteiger partial charge in [-0.15, -0.1) is 0 Å². The Morgan fingerprint density at radius 3 is 2.70 bits per heavy atom. The maximum atomic E-state index is 10.1. The van der Waals surface area contributed by atoms with Crippen LogP contribution in [0.15, 0.2) is 30.3 Å². The fourth-order valence-corrected chi connectivity index (χ4v) is 4.04. The average Bonchev–Trinajstić information content (AvgIpc) is 2.67. The summed E-state index contributed by atoms with van der Waals surface area (Å²) in [4.78, 5) is 16.4. The fraction of sp³-hybridized carbons (Fsp3) is 0.524. The Morgan fingerprint density at radius 1 is 1.15 bits per heavy atom. The van der Waals surface area contributed by atoms with Gasteiger partial charge in [0.1, 0.15) is 5.82 Å². The number of aromatic nitrogens is 2. The molecular formula is C21H29N5O. The Balaban J connectivity index is 1.62. The summed E-state index contributed by atoms with van der Waals surface area (Å²) in [5, 5.41) is 10.1. The number of anilines is 2. The number of benzene rings is 1. The monoisotopic (exact) mass is 367 g/mol. The predicted octanol–water partition coefficient (Wildman–Crippen LogP) is 2.06. The summed E-state index contributed by atoms with van der Waals surface area (Å²) in [5.74, 6) is 1.78. The smallest absolute Gasteiger partial charge is 0.227 e. The molecule has 0 spiro atoms. The van der Waals surface area contributed by atoms with Crippen LogP contribution in [0.1, 0.15) is 29.7 Å². The number of rotatable bonds is 4. The topological polar surface area (TPSA) is 55.7 Å². The Bertz CT molecular complexity index is 780. The third-order valence-electron chi connectivity index (χ3n) is 5.46. The van der Waals surface area contributed by atoms with Crippen molar-refractivity contribution in [3.63, 3.8) is 0 Å². The highest BCUT2D eigenvalue weighted by atomic mass is 16.3. The summed E-state index contributed by atoms with van der Waals surface area (Å²) in [6, 6.07) is 10.6. The van der Waals surface area contributed by atoms with E-state index in [1.807, 2.05) is 19.0 Å². The van der Waals surface area contributed by atoms with Gasteiger partial charge in [0.15, 0.2) is 0 Å². The van der Waals surface area contributed by atoms with E-state index in [1.54, 1.807) is 0 Å². The first-order valence-corrected chi connectivity index (χ1v) is 9.86. The quantitative estimate of drug-likeness (QED) is 0.893. The number of hydrogen-bond acceptors (Lipinski definition) is 6. The molecule has 2 aliphatic heterocycles. The maximum Gasteiger partial charge on any atom is 0.227 e. The SMILES string of the molecule is CN(C)c1nc2c(c(N3CCC[C@@H](O)C3)n1)CCN(Cc1ccccc1)C2. The Hall–Kier alpha value is -2.18. The molecule has 1 saturated heterocycles. The third-order valence-corrected chi connectivity index (χ3v) is 5.46. The molecule has 27 heavy (non-hydrogen) atoms. The number of aliphatic hydroxyl groups is 1. The number of aliphatic hydroxyl groups excluding tert-OH is 1. The summed E-state index contributed by atoms with van der Waals surface area (Å²) in [5.41, 5.74) is 3.73. The first kappa shape index (κ1) is 18.2. The molecule has 3 heterocycles. The second-order valence-corrected chi connectivity index (χ2v) is 7.86. The zero-order chi connectivity index (χ0) is 18.8. The van der Waals surface area contributed by atoms with Crippen molar-refractivity contribution in [2.75, 3.05) is 43.5 Å². The van der Waals surface area contributed by atoms with Crippen LogP contribution in [0.4, 0.5) is 11.8 Å². The highest BCUT2D eigenvalue weighted by Crippen LogP contribution is 2.30. The lowest BCUT2D eigenvalue weighted by Gasteiger charge is -2.36. The van der Waals surface area contributed by atoms with Gasteiger partial charge in [0, 0.05) is 52.4 Å². The molecule has 6 heteroatoms. The molecule has 1 aromatic heterocycles. The van der Waals surface area contributed by atoms with Crippen molar-refractivity contribution in [1.29, 1.82) is 0 Å². The Morgan fingerprint density at radius 2 is 1.96 bits per heavy atom. The van der Waals surface area contributed by atoms with Gasteiger partial charge in [0.2, 0.25) is 5.95 Å². The van der Waals surface area contributed by atoms with Crippen molar-refractivity contribution in [3.05, 3.63) is 47.2 Å². The molecule has 0 bridgehead atoms. The van der Waals surface area contributed by atoms with Crippen LogP contribution >= 0.6 is 0 Å². The number of β-amino-alcohol motifs (C(OH)–C–C–N with tert-alkyl or cyclic N) is 1. The van der Waals surface area contributed by atoms with Gasteiger partial charge in [-0.25, -0.2) is 4.98 Å². The van der Waals surface area contributed by atoms with E-state index in [-0.39, 0.29) is 6.10 Å². The molecule has 4 rings (SSSR count). The van der Waals surface area contributed by atoms with Gasteiger partial charge in [-0.2, -0.15) is 4.98 Å². The summed E-state index contributed by atoms with van der Waals surface area (Å²) in [7, 11) is 3.97. The minimum atomic E-state index is -0.259. The van der Waals surface area contributed by atoms with Crippen molar-refractivity contribution in [1.82, 2.24) is 14.9 Å². The van der Waals surface area contributed by atoms with Gasteiger partial charge >= 0.3 is 0 Å². The van der Waals surface area contributed by atoms with Crippen LogP contribution < -0.4 is 9.80 Å². The Labute approximate surface area is 161 Å². The first-order chi connectivity index (χ1) is 13.1. The van der Waals surface area contributed by atoms with E-state index in [0.29, 0.717) is 6.54 Å². The maximum absolute atomic E-state index is 10.1. The van der Waals surface area contributed by atoms with Crippen LogP contribution in [0.2, 0.25) is 0 Å². The van der Waals surface area contributed by atoms with Gasteiger partial charge in [-0.3, -0.25) is 4.90 Å². The first-order valence-electron chi connectivity index (χ1n) is 9.86. The van der Waals surface area contributed by atoms with E-state index in [0.717, 1.165) is 62.9 Å². The Kier molecular flexibility index (Phi) is 5.27. The van der Waals surface area contributed by atoms with Gasteiger partial charge in [0.05, 0.1) is 11.8 Å². The fourth-order valence-electron chi connectivity index (χ4n) is 4.04. The van der Waals surface area contributed by atoms with E-state index in [9.17, 15) is 5.11 Å². The molecule has 1 N–H and O–H groups in total. The summed E-state index contributed by atoms with van der Waals surface area (Å²) in [6.45, 7) is 4.43. The van der Waals surface area contributed by atoms with E-state index in [1.165, 1.54) is 11.1 Å². The van der Waals surface area contributed by atoms with Gasteiger partial charge in [-0.05, 0) is 24.8 Å². The third kappa shape index (κ3) is 4.06. The number of fused-ring (bicyclic) bond motifs is 1. The predicted molar refractivity (Wildman–Crippen MR) is 108 cm³/mol. The highest BCUT2D eigenvalue weighted by molar-refractivity contribution is 5.54. The van der Waals surface area contributed by atoms with E-state index >= 15 is 0 Å². The molecule has 0 saturated carbocycles. The van der Waals surface area contributed by atoms with E-state index in [4.69, 9.17) is 9.97 Å². The van der Waals surface area contributed by atoms with Crippen LogP contribution in [0.25, 0.3) is 0 Å². The van der Waals surface area contributed by atoms with Crippen LogP contribution in [0, 0.1) is 0 Å². The molecule has 1 aromatic carbocycles. The molecule has 2 aliphatic rings. The molecule has 144 valence electrons. The second kappa shape index (κ2) is 7.82. The van der Waals surface area contributed by atoms with Crippen molar-refractivity contribution in [2.24, 2.45) is 0 Å². The minimum absolute atomic E-state index is 0.259. The van der Waals surface area contributed by atoms with Crippen LogP contribution in [0.3, 0.4) is 0 Å². The van der Waals surface area contributed by atoms with Crippen molar-refractivity contribution < 1.29 is 5.11 Å². The van der Waals surface area contributed by atoms with E-state index in [2.05, 4.69) is 40.1 Å². The van der Waals surface area contributed by atoms with Gasteiger partial charge in [-0.1, -0.05) is 30.3 Å². The molecule has 0 amide bonds. The van der Waals surface area contributed by atoms with E-state index < -0.39 is 0 Å². The molecule has 1 fully saturated rings. The highest BCUT2D eigenvalue weighted by Gasteiger charge is 2.28. The zero-order valence-electron chi connectivity index (χ0n) is 16.3. The van der Waals surface area contributed by atoms with Crippen molar-refractivity contribution in [2.45, 2.75) is 38.5 Å². The summed E-state index contributed by atoms with van der Waals surface area (Å²) >= 11 is 0. The molecule has 1 atom stereocenters. The molecule has 0 aliphatic carbocycles. The van der Waals surface area contributed by atoms with Crippen molar-refractivity contribution >= 4 is 11.8 Å².